The van der Waals surface area contributed by atoms with E-state index in [9.17, 15) is 4.39 Å². The molecule has 5 rings (SSSR count). The molecular formula is C26H30FN5. The fourth-order valence-corrected chi connectivity index (χ4v) is 5.18. The molecule has 0 radical (unpaired) electrons. The summed E-state index contributed by atoms with van der Waals surface area (Å²) in [6.07, 6.45) is 12.0. The minimum Gasteiger partial charge on any atom is -0.361 e. The molecule has 2 aromatic carbocycles. The molecular weight excluding hydrogens is 401 g/mol. The minimum atomic E-state index is -0.0743. The van der Waals surface area contributed by atoms with Crippen molar-refractivity contribution in [1.29, 1.82) is 0 Å². The lowest BCUT2D eigenvalue weighted by Crippen LogP contribution is -2.32. The zero-order valence-electron chi connectivity index (χ0n) is 18.3. The second kappa shape index (κ2) is 9.65. The summed E-state index contributed by atoms with van der Waals surface area (Å²) in [7, 11) is 0. The van der Waals surface area contributed by atoms with Crippen molar-refractivity contribution >= 4 is 10.9 Å². The fourth-order valence-electron chi connectivity index (χ4n) is 5.18. The largest absolute Gasteiger partial charge is 0.361 e. The number of nitrogens with one attached hydrogen (secondary N) is 2. The molecule has 0 spiro atoms. The zero-order valence-corrected chi connectivity index (χ0v) is 18.3. The highest BCUT2D eigenvalue weighted by atomic mass is 19.1. The van der Waals surface area contributed by atoms with Gasteiger partial charge < -0.3 is 10.3 Å². The molecule has 2 N–H and O–H groups in total. The molecule has 1 unspecified atom stereocenters. The quantitative estimate of drug-likeness (QED) is 0.410. The summed E-state index contributed by atoms with van der Waals surface area (Å²) in [4.78, 5) is 3.43. The molecule has 3 heterocycles. The van der Waals surface area contributed by atoms with Crippen LogP contribution in [-0.2, 0) is 12.8 Å². The van der Waals surface area contributed by atoms with Gasteiger partial charge in [-0.2, -0.15) is 0 Å². The summed E-state index contributed by atoms with van der Waals surface area (Å²) in [6.45, 7) is 2.19. The first-order valence-corrected chi connectivity index (χ1v) is 11.7. The van der Waals surface area contributed by atoms with Crippen LogP contribution >= 0.6 is 0 Å². The Morgan fingerprint density at radius 2 is 1.72 bits per heavy atom. The van der Waals surface area contributed by atoms with Gasteiger partial charge in [0.25, 0.3) is 0 Å². The molecule has 32 heavy (non-hydrogen) atoms. The number of aromatic amines is 1. The third kappa shape index (κ3) is 4.60. The Balaban J connectivity index is 1.32. The van der Waals surface area contributed by atoms with Gasteiger partial charge in [-0.05, 0) is 98.8 Å². The first-order valence-electron chi connectivity index (χ1n) is 11.7. The average molecular weight is 432 g/mol. The van der Waals surface area contributed by atoms with Crippen LogP contribution < -0.4 is 5.32 Å². The van der Waals surface area contributed by atoms with Gasteiger partial charge in [0.15, 0.2) is 0 Å². The highest BCUT2D eigenvalue weighted by Gasteiger charge is 2.24. The third-order valence-electron chi connectivity index (χ3n) is 7.05. The Morgan fingerprint density at radius 3 is 2.50 bits per heavy atom. The second-order valence-electron chi connectivity index (χ2n) is 8.93. The van der Waals surface area contributed by atoms with Gasteiger partial charge in [0.2, 0.25) is 0 Å². The van der Waals surface area contributed by atoms with Crippen LogP contribution in [0.2, 0.25) is 0 Å². The maximum Gasteiger partial charge on any atom is 0.126 e. The SMILES string of the molecule is Fc1ccccc1CCC(CCc1c[nH]c2ccc(-n3cnnc3)cc12)C1CCNCC1. The molecule has 6 heteroatoms. The zero-order chi connectivity index (χ0) is 21.8. The van der Waals surface area contributed by atoms with Crippen molar-refractivity contribution in [1.82, 2.24) is 25.1 Å². The summed E-state index contributed by atoms with van der Waals surface area (Å²) in [5.74, 6) is 1.23. The monoisotopic (exact) mass is 431 g/mol. The van der Waals surface area contributed by atoms with E-state index in [0.717, 1.165) is 55.5 Å². The molecule has 0 amide bonds. The number of hydrogen-bond donors (Lipinski definition) is 2. The van der Waals surface area contributed by atoms with E-state index < -0.39 is 0 Å². The molecule has 1 aliphatic rings. The van der Waals surface area contributed by atoms with Crippen molar-refractivity contribution in [2.75, 3.05) is 13.1 Å². The van der Waals surface area contributed by atoms with Crippen LogP contribution in [0.25, 0.3) is 16.6 Å². The van der Waals surface area contributed by atoms with Gasteiger partial charge in [-0.1, -0.05) is 18.2 Å². The predicted molar refractivity (Wildman–Crippen MR) is 125 cm³/mol. The van der Waals surface area contributed by atoms with E-state index in [1.54, 1.807) is 24.8 Å². The van der Waals surface area contributed by atoms with Gasteiger partial charge in [-0.3, -0.25) is 4.57 Å². The van der Waals surface area contributed by atoms with E-state index in [2.05, 4.69) is 44.9 Å². The third-order valence-corrected chi connectivity index (χ3v) is 7.05. The molecule has 2 aromatic heterocycles. The Bertz CT molecular complexity index is 1140. The van der Waals surface area contributed by atoms with Crippen LogP contribution in [0.4, 0.5) is 4.39 Å². The number of hydrogen-bond acceptors (Lipinski definition) is 3. The van der Waals surface area contributed by atoms with E-state index in [0.29, 0.717) is 11.8 Å². The van der Waals surface area contributed by atoms with Crippen LogP contribution in [0.3, 0.4) is 0 Å². The Labute approximate surface area is 188 Å². The maximum absolute atomic E-state index is 14.2. The number of fused-ring (bicyclic) bond motifs is 1. The van der Waals surface area contributed by atoms with Gasteiger partial charge in [0.1, 0.15) is 18.5 Å². The molecule has 4 aromatic rings. The number of piperidine rings is 1. The summed E-state index contributed by atoms with van der Waals surface area (Å²) in [5.41, 5.74) is 4.41. The molecule has 1 saturated heterocycles. The fraction of sp³-hybridized carbons (Fsp3) is 0.385. The molecule has 1 atom stereocenters. The second-order valence-corrected chi connectivity index (χ2v) is 8.93. The van der Waals surface area contributed by atoms with Crippen molar-refractivity contribution in [2.24, 2.45) is 11.8 Å². The summed E-state index contributed by atoms with van der Waals surface area (Å²) >= 11 is 0. The van der Waals surface area contributed by atoms with Crippen molar-refractivity contribution in [3.8, 4) is 5.69 Å². The highest BCUT2D eigenvalue weighted by molar-refractivity contribution is 5.85. The number of nitrogens with zero attached hydrogens (tertiary/aromatic N) is 3. The van der Waals surface area contributed by atoms with Crippen molar-refractivity contribution in [2.45, 2.75) is 38.5 Å². The van der Waals surface area contributed by atoms with Crippen LogP contribution in [0.1, 0.15) is 36.8 Å². The van der Waals surface area contributed by atoms with Gasteiger partial charge in [-0.25, -0.2) is 4.39 Å². The normalized spacial score (nSPS) is 15.9. The number of benzene rings is 2. The Kier molecular flexibility index (Phi) is 6.30. The average Bonchev–Trinajstić information content (AvgIpc) is 3.51. The molecule has 1 aliphatic heterocycles. The Hall–Kier alpha value is -2.99. The molecule has 1 fully saturated rings. The van der Waals surface area contributed by atoms with Crippen LogP contribution in [-0.4, -0.2) is 32.8 Å². The summed E-state index contributed by atoms with van der Waals surface area (Å²) < 4.78 is 16.1. The van der Waals surface area contributed by atoms with Gasteiger partial charge in [-0.15, -0.1) is 10.2 Å². The number of rotatable bonds is 8. The standard InChI is InChI=1S/C26H30FN5/c27-25-4-2-1-3-21(25)7-5-19(20-11-13-28-14-12-20)6-8-22-16-29-26-10-9-23(15-24(22)26)32-17-30-31-18-32/h1-4,9-10,15-20,28-29H,5-8,11-14H2. The summed E-state index contributed by atoms with van der Waals surface area (Å²) in [5, 5.41) is 12.6. The van der Waals surface area contributed by atoms with Crippen LogP contribution in [0.5, 0.6) is 0 Å². The first kappa shape index (κ1) is 20.9. The van der Waals surface area contributed by atoms with Gasteiger partial charge >= 0.3 is 0 Å². The molecule has 166 valence electrons. The van der Waals surface area contributed by atoms with Crippen molar-refractivity contribution in [3.63, 3.8) is 0 Å². The number of aryl methyl sites for hydroxylation is 2. The lowest BCUT2D eigenvalue weighted by Gasteiger charge is -2.31. The molecule has 0 saturated carbocycles. The lowest BCUT2D eigenvalue weighted by atomic mass is 9.78. The Morgan fingerprint density at radius 1 is 0.969 bits per heavy atom. The minimum absolute atomic E-state index is 0.0743. The van der Waals surface area contributed by atoms with E-state index in [4.69, 9.17) is 0 Å². The first-order chi connectivity index (χ1) is 15.8. The maximum atomic E-state index is 14.2. The van der Waals surface area contributed by atoms with E-state index in [-0.39, 0.29) is 5.82 Å². The van der Waals surface area contributed by atoms with Crippen LogP contribution in [0, 0.1) is 17.7 Å². The summed E-state index contributed by atoms with van der Waals surface area (Å²) in [6, 6.07) is 13.6. The number of H-pyrrole nitrogens is 1. The molecule has 0 aliphatic carbocycles. The number of aromatic nitrogens is 4. The van der Waals surface area contributed by atoms with E-state index in [1.165, 1.54) is 23.8 Å². The van der Waals surface area contributed by atoms with E-state index >= 15 is 0 Å². The van der Waals surface area contributed by atoms with Crippen molar-refractivity contribution in [3.05, 3.63) is 78.3 Å². The topological polar surface area (TPSA) is 58.5 Å². The lowest BCUT2D eigenvalue weighted by molar-refractivity contribution is 0.234. The molecule has 0 bridgehead atoms. The predicted octanol–water partition coefficient (Wildman–Crippen LogP) is 5.07. The van der Waals surface area contributed by atoms with Crippen LogP contribution in [0.15, 0.2) is 61.3 Å². The van der Waals surface area contributed by atoms with Crippen molar-refractivity contribution < 1.29 is 4.39 Å². The number of halogens is 1. The van der Waals surface area contributed by atoms with Gasteiger partial charge in [0.05, 0.1) is 0 Å². The molecule has 5 nitrogen and oxygen atoms in total. The van der Waals surface area contributed by atoms with Gasteiger partial charge in [0, 0.05) is 22.8 Å². The van der Waals surface area contributed by atoms with E-state index in [1.807, 2.05) is 16.7 Å². The highest BCUT2D eigenvalue weighted by Crippen LogP contribution is 2.32. The smallest absolute Gasteiger partial charge is 0.126 e.